The number of halogens is 1. The van der Waals surface area contributed by atoms with Gasteiger partial charge in [-0.25, -0.2) is 9.78 Å². The van der Waals surface area contributed by atoms with Crippen LogP contribution in [-0.2, 0) is 4.74 Å². The van der Waals surface area contributed by atoms with Crippen molar-refractivity contribution in [3.05, 3.63) is 26.0 Å². The van der Waals surface area contributed by atoms with Gasteiger partial charge in [0, 0.05) is 0 Å². The minimum atomic E-state index is -0.568. The average Bonchev–Trinajstić information content (AvgIpc) is 3.16. The van der Waals surface area contributed by atoms with E-state index in [0.717, 1.165) is 16.6 Å². The molecule has 1 amide bonds. The van der Waals surface area contributed by atoms with Crippen LogP contribution >= 0.6 is 27.3 Å². The van der Waals surface area contributed by atoms with Crippen molar-refractivity contribution in [3.8, 4) is 0 Å². The van der Waals surface area contributed by atoms with Crippen molar-refractivity contribution < 1.29 is 9.53 Å². The highest BCUT2D eigenvalue weighted by molar-refractivity contribution is 9.11. The number of nitrogens with zero attached hydrogens (tertiary/aromatic N) is 1. The van der Waals surface area contributed by atoms with Crippen LogP contribution < -0.4 is 10.9 Å². The van der Waals surface area contributed by atoms with Crippen LogP contribution in [-0.4, -0.2) is 21.7 Å². The van der Waals surface area contributed by atoms with Crippen molar-refractivity contribution in [1.82, 2.24) is 15.3 Å². The summed E-state index contributed by atoms with van der Waals surface area (Å²) in [7, 11) is 0. The molecule has 8 heteroatoms. The number of alkyl carbamates (subject to hydrolysis) is 1. The van der Waals surface area contributed by atoms with Gasteiger partial charge < -0.3 is 15.0 Å². The van der Waals surface area contributed by atoms with Crippen LogP contribution in [0, 0.1) is 5.92 Å². The molecule has 0 spiro atoms. The van der Waals surface area contributed by atoms with Crippen LogP contribution in [0.25, 0.3) is 10.2 Å². The Morgan fingerprint density at radius 3 is 2.83 bits per heavy atom. The number of H-pyrrole nitrogens is 1. The lowest BCUT2D eigenvalue weighted by Gasteiger charge is -2.23. The molecule has 1 aliphatic rings. The second-order valence-corrected chi connectivity index (χ2v) is 9.11. The third kappa shape index (κ3) is 3.92. The van der Waals surface area contributed by atoms with Crippen molar-refractivity contribution in [2.45, 2.75) is 45.3 Å². The first-order valence-electron chi connectivity index (χ1n) is 7.42. The molecule has 0 unspecified atom stereocenters. The normalized spacial score (nSPS) is 16.3. The van der Waals surface area contributed by atoms with E-state index in [1.54, 1.807) is 0 Å². The molecule has 2 heterocycles. The molecular weight excluding hydrogens is 382 g/mol. The minimum absolute atomic E-state index is 0.183. The first-order chi connectivity index (χ1) is 10.7. The van der Waals surface area contributed by atoms with Gasteiger partial charge in [-0.1, -0.05) is 0 Å². The molecule has 1 fully saturated rings. The van der Waals surface area contributed by atoms with Crippen molar-refractivity contribution in [2.75, 3.05) is 0 Å². The monoisotopic (exact) mass is 399 g/mol. The number of hydrogen-bond donors (Lipinski definition) is 2. The number of fused-ring (bicyclic) bond motifs is 1. The molecule has 2 N–H and O–H groups in total. The van der Waals surface area contributed by atoms with E-state index in [9.17, 15) is 9.59 Å². The Morgan fingerprint density at radius 1 is 1.52 bits per heavy atom. The maximum atomic E-state index is 12.2. The van der Waals surface area contributed by atoms with Crippen molar-refractivity contribution in [3.63, 3.8) is 0 Å². The highest BCUT2D eigenvalue weighted by Gasteiger charge is 2.36. The zero-order chi connectivity index (χ0) is 16.8. The largest absolute Gasteiger partial charge is 0.444 e. The van der Waals surface area contributed by atoms with E-state index < -0.39 is 11.7 Å². The van der Waals surface area contributed by atoms with Gasteiger partial charge in [-0.15, -0.1) is 11.3 Å². The molecule has 0 aliphatic heterocycles. The summed E-state index contributed by atoms with van der Waals surface area (Å²) < 4.78 is 6.74. The Morgan fingerprint density at radius 2 is 2.22 bits per heavy atom. The molecule has 0 saturated heterocycles. The van der Waals surface area contributed by atoms with Crippen LogP contribution in [0.4, 0.5) is 4.79 Å². The second-order valence-electron chi connectivity index (χ2n) is 6.68. The van der Waals surface area contributed by atoms with E-state index in [1.165, 1.54) is 11.3 Å². The summed E-state index contributed by atoms with van der Waals surface area (Å²) in [5, 5.41) is 2.85. The van der Waals surface area contributed by atoms with E-state index in [4.69, 9.17) is 4.74 Å². The lowest BCUT2D eigenvalue weighted by atomic mass is 10.1. The molecule has 1 atom stereocenters. The summed E-state index contributed by atoms with van der Waals surface area (Å²) in [6, 6.07) is 1.48. The third-order valence-electron chi connectivity index (χ3n) is 3.43. The molecule has 1 aliphatic carbocycles. The maximum Gasteiger partial charge on any atom is 0.408 e. The number of nitrogens with one attached hydrogen (secondary N) is 2. The van der Waals surface area contributed by atoms with Gasteiger partial charge in [-0.3, -0.25) is 4.79 Å². The Bertz CT molecular complexity index is 804. The molecule has 0 radical (unpaired) electrons. The number of carbonyl (C=O) groups is 1. The molecule has 3 rings (SSSR count). The van der Waals surface area contributed by atoms with Gasteiger partial charge in [0.1, 0.15) is 16.1 Å². The van der Waals surface area contributed by atoms with Crippen molar-refractivity contribution in [1.29, 1.82) is 0 Å². The number of amides is 1. The number of rotatable bonds is 3. The van der Waals surface area contributed by atoms with Gasteiger partial charge >= 0.3 is 6.09 Å². The fourth-order valence-electron chi connectivity index (χ4n) is 2.35. The molecule has 0 bridgehead atoms. The zero-order valence-corrected chi connectivity index (χ0v) is 15.5. The van der Waals surface area contributed by atoms with E-state index >= 15 is 0 Å². The molecule has 0 aromatic carbocycles. The van der Waals surface area contributed by atoms with Gasteiger partial charge in [-0.05, 0) is 61.5 Å². The first-order valence-corrected chi connectivity index (χ1v) is 9.02. The SMILES string of the molecule is CC(C)(C)OC(=O)N[C@H](c1nc2cc(Br)sc2c(=O)[nH]1)C1CC1. The van der Waals surface area contributed by atoms with Gasteiger partial charge in [0.15, 0.2) is 0 Å². The molecule has 2 aromatic rings. The Balaban J connectivity index is 1.89. The number of hydrogen-bond acceptors (Lipinski definition) is 5. The zero-order valence-electron chi connectivity index (χ0n) is 13.1. The maximum absolute atomic E-state index is 12.2. The predicted molar refractivity (Wildman–Crippen MR) is 92.8 cm³/mol. The van der Waals surface area contributed by atoms with Gasteiger partial charge in [-0.2, -0.15) is 0 Å². The molecular formula is C15H18BrN3O3S. The van der Waals surface area contributed by atoms with E-state index in [2.05, 4.69) is 31.2 Å². The van der Waals surface area contributed by atoms with Crippen LogP contribution in [0.2, 0.25) is 0 Å². The highest BCUT2D eigenvalue weighted by Crippen LogP contribution is 2.40. The summed E-state index contributed by atoms with van der Waals surface area (Å²) in [5.74, 6) is 0.770. The minimum Gasteiger partial charge on any atom is -0.444 e. The second kappa shape index (κ2) is 5.90. The lowest BCUT2D eigenvalue weighted by Crippen LogP contribution is -2.37. The summed E-state index contributed by atoms with van der Waals surface area (Å²) in [6.07, 6.45) is 1.49. The number of thiophene rings is 1. The number of ether oxygens (including phenoxy) is 1. The van der Waals surface area contributed by atoms with Crippen LogP contribution in [0.15, 0.2) is 14.6 Å². The smallest absolute Gasteiger partial charge is 0.408 e. The Hall–Kier alpha value is -1.41. The summed E-state index contributed by atoms with van der Waals surface area (Å²) >= 11 is 4.71. The average molecular weight is 400 g/mol. The molecule has 2 aromatic heterocycles. The summed E-state index contributed by atoms with van der Waals surface area (Å²) in [6.45, 7) is 5.44. The predicted octanol–water partition coefficient (Wildman–Crippen LogP) is 3.72. The number of aromatic amines is 1. The van der Waals surface area contributed by atoms with E-state index in [0.29, 0.717) is 16.0 Å². The molecule has 124 valence electrons. The molecule has 1 saturated carbocycles. The highest BCUT2D eigenvalue weighted by atomic mass is 79.9. The quantitative estimate of drug-likeness (QED) is 0.823. The van der Waals surface area contributed by atoms with E-state index in [-0.39, 0.29) is 17.5 Å². The standard InChI is InChI=1S/C15H18BrN3O3S/c1-15(2,3)22-14(21)18-10(7-4-5-7)12-17-8-6-9(16)23-11(8)13(20)19-12/h6-7,10H,4-5H2,1-3H3,(H,18,21)(H,17,19,20)/t10-/m0/s1. The van der Waals surface area contributed by atoms with Gasteiger partial charge in [0.2, 0.25) is 0 Å². The van der Waals surface area contributed by atoms with E-state index in [1.807, 2.05) is 26.8 Å². The molecule has 23 heavy (non-hydrogen) atoms. The van der Waals surface area contributed by atoms with Gasteiger partial charge in [0.05, 0.1) is 15.3 Å². The number of carbonyl (C=O) groups excluding carboxylic acids is 1. The van der Waals surface area contributed by atoms with Crippen LogP contribution in [0.3, 0.4) is 0 Å². The fraction of sp³-hybridized carbons (Fsp3) is 0.533. The van der Waals surface area contributed by atoms with Crippen molar-refractivity contribution in [2.24, 2.45) is 5.92 Å². The lowest BCUT2D eigenvalue weighted by molar-refractivity contribution is 0.0494. The molecule has 6 nitrogen and oxygen atoms in total. The summed E-state index contributed by atoms with van der Waals surface area (Å²) in [5.41, 5.74) is -0.115. The van der Waals surface area contributed by atoms with Gasteiger partial charge in [0.25, 0.3) is 5.56 Å². The van der Waals surface area contributed by atoms with Crippen LogP contribution in [0.1, 0.15) is 45.5 Å². The summed E-state index contributed by atoms with van der Waals surface area (Å²) in [4.78, 5) is 31.6. The fourth-order valence-corrected chi connectivity index (χ4v) is 3.77. The first kappa shape index (κ1) is 16.4. The van der Waals surface area contributed by atoms with Crippen LogP contribution in [0.5, 0.6) is 0 Å². The Kier molecular flexibility index (Phi) is 4.22. The third-order valence-corrected chi connectivity index (χ3v) is 5.06. The van der Waals surface area contributed by atoms with Crippen molar-refractivity contribution >= 4 is 43.6 Å². The Labute approximate surface area is 145 Å². The number of aromatic nitrogens is 2. The topological polar surface area (TPSA) is 84.1 Å².